The number of carbonyl (C=O) groups is 1. The summed E-state index contributed by atoms with van der Waals surface area (Å²) in [5, 5.41) is 4.22. The zero-order valence-corrected chi connectivity index (χ0v) is 21.3. The minimum atomic E-state index is -3.97. The molecule has 2 N–H and O–H groups in total. The van der Waals surface area contributed by atoms with Gasteiger partial charge in [0.1, 0.15) is 11.3 Å². The van der Waals surface area contributed by atoms with Crippen molar-refractivity contribution in [1.29, 1.82) is 0 Å². The van der Waals surface area contributed by atoms with Gasteiger partial charge in [-0.05, 0) is 90.0 Å². The summed E-state index contributed by atoms with van der Waals surface area (Å²) in [6.07, 6.45) is 5.47. The number of ether oxygens (including phenoxy) is 1. The first-order valence-corrected chi connectivity index (χ1v) is 13.4. The van der Waals surface area contributed by atoms with Crippen LogP contribution in [0.5, 0.6) is 0 Å². The van der Waals surface area contributed by atoms with Crippen LogP contribution in [0.2, 0.25) is 0 Å². The number of amides is 1. The molecule has 2 aliphatic rings. The summed E-state index contributed by atoms with van der Waals surface area (Å²) >= 11 is 0. The summed E-state index contributed by atoms with van der Waals surface area (Å²) in [4.78, 5) is 17.3. The predicted octanol–water partition coefficient (Wildman–Crippen LogP) is 5.04. The molecule has 0 aliphatic heterocycles. The summed E-state index contributed by atoms with van der Waals surface area (Å²) in [6, 6.07) is 3.22. The van der Waals surface area contributed by atoms with Crippen molar-refractivity contribution in [2.75, 3.05) is 6.54 Å². The Morgan fingerprint density at radius 2 is 1.85 bits per heavy atom. The van der Waals surface area contributed by atoms with Crippen LogP contribution in [0.3, 0.4) is 0 Å². The van der Waals surface area contributed by atoms with Crippen LogP contribution in [0.15, 0.2) is 23.2 Å². The molecule has 2 aromatic rings. The molecule has 7 nitrogen and oxygen atoms in total. The van der Waals surface area contributed by atoms with Crippen molar-refractivity contribution in [3.05, 3.63) is 35.2 Å². The Morgan fingerprint density at radius 1 is 1.15 bits per heavy atom. The van der Waals surface area contributed by atoms with Gasteiger partial charge in [-0.3, -0.25) is 4.98 Å². The highest BCUT2D eigenvalue weighted by atomic mass is 32.2. The lowest BCUT2D eigenvalue weighted by Crippen LogP contribution is -2.37. The monoisotopic (exact) mass is 491 g/mol. The Hall–Kier alpha value is -2.26. The van der Waals surface area contributed by atoms with Crippen LogP contribution in [0, 0.1) is 0 Å². The van der Waals surface area contributed by atoms with Crippen LogP contribution in [0.1, 0.15) is 89.1 Å². The summed E-state index contributed by atoms with van der Waals surface area (Å²) in [5.41, 5.74) is 0.285. The van der Waals surface area contributed by atoms with Gasteiger partial charge in [-0.25, -0.2) is 22.3 Å². The second-order valence-corrected chi connectivity index (χ2v) is 12.7. The molecule has 1 aromatic heterocycles. The number of aromatic nitrogens is 1. The van der Waals surface area contributed by atoms with Crippen molar-refractivity contribution in [2.45, 2.75) is 94.8 Å². The molecule has 186 valence electrons. The van der Waals surface area contributed by atoms with Gasteiger partial charge in [0.15, 0.2) is 0 Å². The topological polar surface area (TPSA) is 97.4 Å². The number of rotatable bonds is 6. The lowest BCUT2D eigenvalue weighted by Gasteiger charge is -2.30. The average Bonchev–Trinajstić information content (AvgIpc) is 3.55. The van der Waals surface area contributed by atoms with E-state index in [1.807, 2.05) is 26.8 Å². The van der Waals surface area contributed by atoms with Crippen LogP contribution in [-0.2, 0) is 21.2 Å². The van der Waals surface area contributed by atoms with Gasteiger partial charge in [0.2, 0.25) is 10.0 Å². The number of hydrogen-bond donors (Lipinski definition) is 2. The van der Waals surface area contributed by atoms with Gasteiger partial charge in [0, 0.05) is 35.1 Å². The molecule has 2 aliphatic carbocycles. The number of pyridine rings is 1. The molecule has 0 spiro atoms. The first-order chi connectivity index (χ1) is 15.7. The summed E-state index contributed by atoms with van der Waals surface area (Å²) < 4.78 is 48.6. The number of fused-ring (bicyclic) bond motifs is 3. The molecule has 1 saturated carbocycles. The van der Waals surface area contributed by atoms with Gasteiger partial charge >= 0.3 is 6.09 Å². The molecule has 1 aromatic carbocycles. The van der Waals surface area contributed by atoms with E-state index in [4.69, 9.17) is 4.74 Å². The van der Waals surface area contributed by atoms with Gasteiger partial charge < -0.3 is 10.1 Å². The number of aryl methyl sites for hydroxylation is 1. The fourth-order valence-corrected chi connectivity index (χ4v) is 5.84. The highest BCUT2D eigenvalue weighted by Gasteiger charge is 2.32. The Kier molecular flexibility index (Phi) is 6.40. The summed E-state index contributed by atoms with van der Waals surface area (Å²) in [7, 11) is -3.97. The minimum absolute atomic E-state index is 0.132. The van der Waals surface area contributed by atoms with Crippen LogP contribution in [0.4, 0.5) is 9.18 Å². The highest BCUT2D eigenvalue weighted by molar-refractivity contribution is 7.89. The third kappa shape index (κ3) is 5.68. The number of benzene rings is 1. The SMILES string of the molecule is CC(C)(F)CNS(=O)(=O)c1cc2c(c3cnc(C4CC4)cc13)C(NC(=O)OC(C)(C)C)CCC2. The molecule has 34 heavy (non-hydrogen) atoms. The zero-order valence-electron chi connectivity index (χ0n) is 20.5. The van der Waals surface area contributed by atoms with Crippen molar-refractivity contribution in [3.63, 3.8) is 0 Å². The predicted molar refractivity (Wildman–Crippen MR) is 129 cm³/mol. The molecule has 1 unspecified atom stereocenters. The molecule has 4 rings (SSSR count). The molecule has 0 bridgehead atoms. The minimum Gasteiger partial charge on any atom is -0.444 e. The molecular weight excluding hydrogens is 457 g/mol. The van der Waals surface area contributed by atoms with Crippen molar-refractivity contribution in [3.8, 4) is 0 Å². The van der Waals surface area contributed by atoms with Crippen molar-refractivity contribution in [1.82, 2.24) is 15.0 Å². The van der Waals surface area contributed by atoms with Gasteiger partial charge in [-0.1, -0.05) is 0 Å². The number of alkyl carbamates (subject to hydrolysis) is 1. The number of nitrogens with zero attached hydrogens (tertiary/aromatic N) is 1. The van der Waals surface area contributed by atoms with Gasteiger partial charge in [0.25, 0.3) is 0 Å². The molecule has 1 amide bonds. The third-order valence-corrected chi connectivity index (χ3v) is 7.52. The molecule has 1 atom stereocenters. The number of carbonyl (C=O) groups excluding carboxylic acids is 1. The number of sulfonamides is 1. The second-order valence-electron chi connectivity index (χ2n) is 11.0. The quantitative estimate of drug-likeness (QED) is 0.590. The first-order valence-electron chi connectivity index (χ1n) is 11.9. The normalized spacial score (nSPS) is 19.1. The fraction of sp³-hybridized carbons (Fsp3) is 0.600. The Morgan fingerprint density at radius 3 is 2.47 bits per heavy atom. The smallest absolute Gasteiger partial charge is 0.408 e. The van der Waals surface area contributed by atoms with Crippen LogP contribution >= 0.6 is 0 Å². The Bertz CT molecular complexity index is 1210. The number of nitrogens with one attached hydrogen (secondary N) is 2. The molecule has 0 radical (unpaired) electrons. The maximum atomic E-state index is 14.1. The Balaban J connectivity index is 1.81. The third-order valence-electron chi connectivity index (χ3n) is 6.08. The van der Waals surface area contributed by atoms with E-state index in [2.05, 4.69) is 15.0 Å². The standard InChI is InChI=1S/C25H34FN3O4S/c1-24(2,3)33-23(30)29-19-8-6-7-16-11-21(34(31,32)28-14-25(4,5)26)17-12-20(15-9-10-15)27-13-18(17)22(16)19/h11-13,15,19,28H,6-10,14H2,1-5H3,(H,29,30). The molecule has 9 heteroatoms. The van der Waals surface area contributed by atoms with Gasteiger partial charge in [-0.15, -0.1) is 0 Å². The second kappa shape index (κ2) is 8.75. The van der Waals surface area contributed by atoms with E-state index >= 15 is 0 Å². The summed E-state index contributed by atoms with van der Waals surface area (Å²) in [6.45, 7) is 7.78. The molecule has 0 saturated heterocycles. The van der Waals surface area contributed by atoms with Crippen molar-refractivity contribution in [2.24, 2.45) is 0 Å². The van der Waals surface area contributed by atoms with Crippen LogP contribution in [-0.4, -0.2) is 37.3 Å². The van der Waals surface area contributed by atoms with E-state index in [9.17, 15) is 17.6 Å². The maximum absolute atomic E-state index is 14.1. The van der Waals surface area contributed by atoms with E-state index in [1.54, 1.807) is 12.3 Å². The maximum Gasteiger partial charge on any atom is 0.408 e. The lowest BCUT2D eigenvalue weighted by atomic mass is 9.84. The molecule has 1 heterocycles. The van der Waals surface area contributed by atoms with E-state index in [1.165, 1.54) is 13.8 Å². The number of hydrogen-bond acceptors (Lipinski definition) is 5. The fourth-order valence-electron chi connectivity index (χ4n) is 4.40. The largest absolute Gasteiger partial charge is 0.444 e. The molecular formula is C25H34FN3O4S. The van der Waals surface area contributed by atoms with Gasteiger partial charge in [0.05, 0.1) is 10.9 Å². The van der Waals surface area contributed by atoms with Gasteiger partial charge in [-0.2, -0.15) is 0 Å². The number of alkyl halides is 1. The summed E-state index contributed by atoms with van der Waals surface area (Å²) in [5.74, 6) is 0.337. The first kappa shape index (κ1) is 24.9. The van der Waals surface area contributed by atoms with E-state index in [0.717, 1.165) is 36.1 Å². The Labute approximate surface area is 200 Å². The van der Waals surface area contributed by atoms with Crippen LogP contribution in [0.25, 0.3) is 10.8 Å². The van der Waals surface area contributed by atoms with Crippen LogP contribution < -0.4 is 10.0 Å². The van der Waals surface area contributed by atoms with E-state index in [0.29, 0.717) is 29.5 Å². The van der Waals surface area contributed by atoms with Crippen molar-refractivity contribution < 1.29 is 22.3 Å². The lowest BCUT2D eigenvalue weighted by molar-refractivity contribution is 0.0499. The van der Waals surface area contributed by atoms with E-state index in [-0.39, 0.29) is 17.5 Å². The zero-order chi connectivity index (χ0) is 24.9. The number of halogens is 1. The van der Waals surface area contributed by atoms with Crippen molar-refractivity contribution >= 4 is 26.9 Å². The molecule has 1 fully saturated rings. The highest BCUT2D eigenvalue weighted by Crippen LogP contribution is 2.43. The van der Waals surface area contributed by atoms with E-state index < -0.39 is 27.4 Å². The average molecular weight is 492 g/mol.